The van der Waals surface area contributed by atoms with Crippen molar-refractivity contribution >= 4 is 22.0 Å². The fraction of sp³-hybridized carbons (Fsp3) is 0.304. The monoisotopic (exact) mass is 459 g/mol. The maximum absolute atomic E-state index is 13.4. The molecule has 1 aliphatic rings. The van der Waals surface area contributed by atoms with Gasteiger partial charge in [-0.2, -0.15) is 0 Å². The van der Waals surface area contributed by atoms with Gasteiger partial charge in [0, 0.05) is 13.1 Å². The van der Waals surface area contributed by atoms with Crippen LogP contribution in [0.5, 0.6) is 0 Å². The Morgan fingerprint density at radius 3 is 2.22 bits per heavy atom. The molecule has 32 heavy (non-hydrogen) atoms. The maximum atomic E-state index is 13.4. The van der Waals surface area contributed by atoms with E-state index in [2.05, 4.69) is 0 Å². The fourth-order valence-corrected chi connectivity index (χ4v) is 4.75. The first kappa shape index (κ1) is 23.5. The zero-order valence-corrected chi connectivity index (χ0v) is 18.6. The molecule has 0 saturated carbocycles. The molecule has 1 heterocycles. The molecule has 0 fully saturated rings. The van der Waals surface area contributed by atoms with E-state index >= 15 is 0 Å². The molecular weight excluding hydrogens is 434 g/mol. The molecule has 8 nitrogen and oxygen atoms in total. The zero-order valence-electron chi connectivity index (χ0n) is 17.8. The predicted molar refractivity (Wildman–Crippen MR) is 115 cm³/mol. The largest absolute Gasteiger partial charge is 0.465 e. The van der Waals surface area contributed by atoms with Crippen LogP contribution in [0.2, 0.25) is 0 Å². The molecule has 0 unspecified atom stereocenters. The van der Waals surface area contributed by atoms with Crippen molar-refractivity contribution in [1.29, 1.82) is 0 Å². The molecule has 2 aromatic rings. The Labute approximate surface area is 187 Å². The number of benzene rings is 2. The van der Waals surface area contributed by atoms with Gasteiger partial charge in [0.15, 0.2) is 12.3 Å². The van der Waals surface area contributed by atoms with Crippen molar-refractivity contribution < 1.29 is 32.2 Å². The molecule has 2 aromatic carbocycles. The Hall–Kier alpha value is -3.17. The zero-order chi connectivity index (χ0) is 23.1. The molecule has 170 valence electrons. The first-order valence-electron chi connectivity index (χ1n) is 10.1. The van der Waals surface area contributed by atoms with Crippen molar-refractivity contribution in [3.63, 3.8) is 0 Å². The number of ether oxygens (including phenoxy) is 3. The highest BCUT2D eigenvalue weighted by atomic mass is 32.2. The van der Waals surface area contributed by atoms with Crippen molar-refractivity contribution in [3.05, 3.63) is 78.5 Å². The summed E-state index contributed by atoms with van der Waals surface area (Å²) in [5, 5.41) is 0. The fourth-order valence-electron chi connectivity index (χ4n) is 3.32. The lowest BCUT2D eigenvalue weighted by Gasteiger charge is -2.39. The molecule has 0 saturated heterocycles. The summed E-state index contributed by atoms with van der Waals surface area (Å²) >= 11 is 0. The minimum absolute atomic E-state index is 0.0352. The van der Waals surface area contributed by atoms with E-state index in [1.807, 2.05) is 30.3 Å². The van der Waals surface area contributed by atoms with Gasteiger partial charge < -0.3 is 14.2 Å². The second-order valence-electron chi connectivity index (χ2n) is 7.03. The second kappa shape index (κ2) is 10.4. The quantitative estimate of drug-likeness (QED) is 0.560. The molecule has 0 amide bonds. The highest BCUT2D eigenvalue weighted by Crippen LogP contribution is 2.31. The van der Waals surface area contributed by atoms with Crippen molar-refractivity contribution in [2.24, 2.45) is 5.92 Å². The van der Waals surface area contributed by atoms with Crippen molar-refractivity contribution in [1.82, 2.24) is 4.31 Å². The number of nitrogens with zero attached hydrogens (tertiary/aromatic N) is 1. The van der Waals surface area contributed by atoms with Gasteiger partial charge in [0.05, 0.1) is 18.1 Å². The normalized spacial score (nSPS) is 20.6. The van der Waals surface area contributed by atoms with E-state index in [1.165, 1.54) is 31.3 Å². The molecule has 3 atom stereocenters. The first-order chi connectivity index (χ1) is 15.3. The highest BCUT2D eigenvalue weighted by Gasteiger charge is 2.46. The van der Waals surface area contributed by atoms with E-state index in [0.717, 1.165) is 9.87 Å². The standard InChI is InChI=1S/C23H25NO7S/c1-3-29-23(26)20-14-15-24(32(27,28)19-12-8-5-9-13-19)22(21(20)31-17(2)25)30-16-18-10-6-4-7-11-18/h4-15,20-22H,3,16H2,1-2H3/t20-,21+,22-/m0/s1. The Bertz CT molecular complexity index is 1050. The molecule has 0 N–H and O–H groups in total. The summed E-state index contributed by atoms with van der Waals surface area (Å²) in [7, 11) is -4.07. The lowest BCUT2D eigenvalue weighted by Crippen LogP contribution is -2.54. The summed E-state index contributed by atoms with van der Waals surface area (Å²) in [5.74, 6) is -2.34. The van der Waals surface area contributed by atoms with E-state index < -0.39 is 40.2 Å². The number of rotatable bonds is 8. The Morgan fingerprint density at radius 1 is 1.00 bits per heavy atom. The highest BCUT2D eigenvalue weighted by molar-refractivity contribution is 7.89. The number of hydrogen-bond donors (Lipinski definition) is 0. The third-order valence-corrected chi connectivity index (χ3v) is 6.52. The molecule has 0 aromatic heterocycles. The lowest BCUT2D eigenvalue weighted by molar-refractivity contribution is -0.178. The average Bonchev–Trinajstić information content (AvgIpc) is 2.79. The SMILES string of the molecule is CCOC(=O)[C@H]1C=CN(S(=O)(=O)c2ccccc2)[C@@H](OCc2ccccc2)[C@@H]1OC(C)=O. The van der Waals surface area contributed by atoms with Crippen molar-refractivity contribution in [3.8, 4) is 0 Å². The van der Waals surface area contributed by atoms with Crippen LogP contribution in [0, 0.1) is 5.92 Å². The summed E-state index contributed by atoms with van der Waals surface area (Å²) in [6.07, 6.45) is 0.0936. The Balaban J connectivity index is 2.03. The van der Waals surface area contributed by atoms with Crippen LogP contribution in [0.1, 0.15) is 19.4 Å². The van der Waals surface area contributed by atoms with Gasteiger partial charge in [-0.25, -0.2) is 12.7 Å². The van der Waals surface area contributed by atoms with Crippen LogP contribution in [0.3, 0.4) is 0 Å². The Morgan fingerprint density at radius 2 is 1.62 bits per heavy atom. The van der Waals surface area contributed by atoms with Gasteiger partial charge in [-0.05, 0) is 30.7 Å². The van der Waals surface area contributed by atoms with Crippen molar-refractivity contribution in [2.75, 3.05) is 6.61 Å². The molecule has 9 heteroatoms. The van der Waals surface area contributed by atoms with Crippen LogP contribution < -0.4 is 0 Å². The molecule has 0 radical (unpaired) electrons. The van der Waals surface area contributed by atoms with Crippen LogP contribution in [0.25, 0.3) is 0 Å². The number of esters is 2. The van der Waals surface area contributed by atoms with Gasteiger partial charge in [0.1, 0.15) is 5.92 Å². The molecule has 3 rings (SSSR count). The number of sulfonamides is 1. The molecule has 0 aliphatic carbocycles. The van der Waals surface area contributed by atoms with Crippen LogP contribution in [0.4, 0.5) is 0 Å². The Kier molecular flexibility index (Phi) is 7.66. The van der Waals surface area contributed by atoms with Gasteiger partial charge >= 0.3 is 11.9 Å². The van der Waals surface area contributed by atoms with Crippen LogP contribution in [-0.4, -0.2) is 43.6 Å². The predicted octanol–water partition coefficient (Wildman–Crippen LogP) is 2.86. The maximum Gasteiger partial charge on any atom is 0.316 e. The summed E-state index contributed by atoms with van der Waals surface area (Å²) in [6, 6.07) is 16.9. The summed E-state index contributed by atoms with van der Waals surface area (Å²) in [5.41, 5.74) is 0.786. The van der Waals surface area contributed by atoms with Gasteiger partial charge in [0.2, 0.25) is 0 Å². The van der Waals surface area contributed by atoms with Gasteiger partial charge in [0.25, 0.3) is 10.0 Å². The van der Waals surface area contributed by atoms with E-state index in [0.29, 0.717) is 0 Å². The number of carbonyl (C=O) groups excluding carboxylic acids is 2. The average molecular weight is 460 g/mol. The minimum atomic E-state index is -4.07. The van der Waals surface area contributed by atoms with Crippen LogP contribution in [0.15, 0.2) is 77.8 Å². The van der Waals surface area contributed by atoms with E-state index in [9.17, 15) is 18.0 Å². The van der Waals surface area contributed by atoms with Gasteiger partial charge in [-0.15, -0.1) is 0 Å². The molecule has 1 aliphatic heterocycles. The number of hydrogen-bond acceptors (Lipinski definition) is 7. The number of carbonyl (C=O) groups is 2. The van der Waals surface area contributed by atoms with E-state index in [1.54, 1.807) is 25.1 Å². The van der Waals surface area contributed by atoms with E-state index in [4.69, 9.17) is 14.2 Å². The van der Waals surface area contributed by atoms with E-state index in [-0.39, 0.29) is 18.1 Å². The summed E-state index contributed by atoms with van der Waals surface area (Å²) in [6.45, 7) is 3.00. The van der Waals surface area contributed by atoms with Crippen LogP contribution in [-0.2, 0) is 40.4 Å². The second-order valence-corrected chi connectivity index (χ2v) is 8.87. The summed E-state index contributed by atoms with van der Waals surface area (Å²) < 4.78 is 44.2. The topological polar surface area (TPSA) is 99.2 Å². The molecule has 0 bridgehead atoms. The van der Waals surface area contributed by atoms with Crippen molar-refractivity contribution in [2.45, 2.75) is 37.7 Å². The smallest absolute Gasteiger partial charge is 0.316 e. The van der Waals surface area contributed by atoms with Gasteiger partial charge in [-0.1, -0.05) is 48.5 Å². The molecule has 0 spiro atoms. The van der Waals surface area contributed by atoms with Crippen LogP contribution >= 0.6 is 0 Å². The molecular formula is C23H25NO7S. The minimum Gasteiger partial charge on any atom is -0.465 e. The van der Waals surface area contributed by atoms with Gasteiger partial charge in [-0.3, -0.25) is 9.59 Å². The third-order valence-electron chi connectivity index (χ3n) is 4.77. The lowest BCUT2D eigenvalue weighted by atomic mass is 9.98. The first-order valence-corrected chi connectivity index (χ1v) is 11.5. The third kappa shape index (κ3) is 5.35. The summed E-state index contributed by atoms with van der Waals surface area (Å²) in [4.78, 5) is 24.4.